The van der Waals surface area contributed by atoms with Crippen molar-refractivity contribution in [3.63, 3.8) is 0 Å². The van der Waals surface area contributed by atoms with Crippen molar-refractivity contribution in [2.45, 2.75) is 65.6 Å². The van der Waals surface area contributed by atoms with Crippen LogP contribution in [0.2, 0.25) is 0 Å². The van der Waals surface area contributed by atoms with Crippen molar-refractivity contribution in [1.29, 1.82) is 0 Å². The van der Waals surface area contributed by atoms with Crippen LogP contribution < -0.4 is 16.4 Å². The highest BCUT2D eigenvalue weighted by atomic mass is 16.2. The minimum absolute atomic E-state index is 0.0160. The van der Waals surface area contributed by atoms with Crippen LogP contribution in [0, 0.1) is 18.8 Å². The Bertz CT molecular complexity index is 634. The number of likely N-dealkylation sites (tertiary alicyclic amines) is 1. The zero-order chi connectivity index (χ0) is 20.7. The van der Waals surface area contributed by atoms with Crippen LogP contribution in [0.3, 0.4) is 0 Å². The Labute approximate surface area is 169 Å². The van der Waals surface area contributed by atoms with Crippen molar-refractivity contribution < 1.29 is 9.59 Å². The maximum atomic E-state index is 13.0. The first-order chi connectivity index (χ1) is 13.3. The van der Waals surface area contributed by atoms with E-state index in [1.807, 2.05) is 43.0 Å². The molecule has 1 aromatic carbocycles. The molecule has 0 saturated carbocycles. The lowest BCUT2D eigenvalue weighted by Gasteiger charge is -2.36. The molecule has 0 spiro atoms. The second-order valence-corrected chi connectivity index (χ2v) is 8.52. The molecule has 2 unspecified atom stereocenters. The van der Waals surface area contributed by atoms with Crippen molar-refractivity contribution in [2.75, 3.05) is 13.1 Å². The maximum Gasteiger partial charge on any atom is 0.315 e. The number of nitrogens with two attached hydrogens (primary N) is 1. The number of carbonyl (C=O) groups is 2. The van der Waals surface area contributed by atoms with Gasteiger partial charge < -0.3 is 21.3 Å². The molecular formula is C22H36N4O2. The molecule has 3 amide bonds. The maximum absolute atomic E-state index is 13.0. The van der Waals surface area contributed by atoms with Crippen LogP contribution in [0.5, 0.6) is 0 Å². The number of nitrogens with zero attached hydrogens (tertiary/aromatic N) is 1. The number of hydrogen-bond donors (Lipinski definition) is 3. The Morgan fingerprint density at radius 3 is 2.29 bits per heavy atom. The first-order valence-electron chi connectivity index (χ1n) is 10.4. The van der Waals surface area contributed by atoms with E-state index in [1.54, 1.807) is 0 Å². The molecular weight excluding hydrogens is 352 g/mol. The zero-order valence-corrected chi connectivity index (χ0v) is 17.7. The van der Waals surface area contributed by atoms with Crippen molar-refractivity contribution in [3.8, 4) is 0 Å². The molecule has 0 aliphatic carbocycles. The summed E-state index contributed by atoms with van der Waals surface area (Å²) < 4.78 is 0. The van der Waals surface area contributed by atoms with E-state index in [0.29, 0.717) is 37.9 Å². The van der Waals surface area contributed by atoms with Crippen molar-refractivity contribution >= 4 is 11.9 Å². The van der Waals surface area contributed by atoms with Crippen LogP contribution in [0.1, 0.15) is 51.2 Å². The zero-order valence-electron chi connectivity index (χ0n) is 17.7. The molecule has 0 bridgehead atoms. The monoisotopic (exact) mass is 388 g/mol. The van der Waals surface area contributed by atoms with Gasteiger partial charge in [-0.25, -0.2) is 4.79 Å². The van der Waals surface area contributed by atoms with Gasteiger partial charge in [0.2, 0.25) is 5.91 Å². The Morgan fingerprint density at radius 2 is 1.75 bits per heavy atom. The molecule has 1 aliphatic heterocycles. The van der Waals surface area contributed by atoms with Gasteiger partial charge in [0.25, 0.3) is 0 Å². The molecule has 1 heterocycles. The number of hydrogen-bond acceptors (Lipinski definition) is 3. The fourth-order valence-corrected chi connectivity index (χ4v) is 3.66. The summed E-state index contributed by atoms with van der Waals surface area (Å²) in [7, 11) is 0. The molecule has 28 heavy (non-hydrogen) atoms. The number of aryl methyl sites for hydroxylation is 1. The minimum Gasteiger partial charge on any atom is -0.341 e. The summed E-state index contributed by atoms with van der Waals surface area (Å²) in [5.41, 5.74) is 8.22. The molecule has 1 fully saturated rings. The highest BCUT2D eigenvalue weighted by Gasteiger charge is 2.30. The van der Waals surface area contributed by atoms with Crippen LogP contribution in [0.15, 0.2) is 24.3 Å². The van der Waals surface area contributed by atoms with Gasteiger partial charge in [-0.15, -0.1) is 0 Å². The summed E-state index contributed by atoms with van der Waals surface area (Å²) >= 11 is 0. The highest BCUT2D eigenvalue weighted by molar-refractivity contribution is 5.87. The number of carbonyl (C=O) groups excluding carboxylic acids is 2. The van der Waals surface area contributed by atoms with Crippen LogP contribution in [-0.4, -0.2) is 42.0 Å². The van der Waals surface area contributed by atoms with Gasteiger partial charge in [-0.1, -0.05) is 43.7 Å². The summed E-state index contributed by atoms with van der Waals surface area (Å²) in [6, 6.07) is 7.39. The number of amides is 3. The van der Waals surface area contributed by atoms with Gasteiger partial charge in [0.05, 0.1) is 0 Å². The standard InChI is InChI=1S/C22H36N4O2/c1-15(2)13-20(21(27)26-11-9-19(10-12-26)17(4)23)25-22(28)24-14-18-7-5-16(3)6-8-18/h5-8,15,17,19-20H,9-14,23H2,1-4H3,(H2,24,25,28). The Kier molecular flexibility index (Phi) is 8.30. The molecule has 1 aromatic rings. The number of urea groups is 1. The van der Waals surface area contributed by atoms with E-state index in [9.17, 15) is 9.59 Å². The van der Waals surface area contributed by atoms with E-state index in [-0.39, 0.29) is 18.0 Å². The fourth-order valence-electron chi connectivity index (χ4n) is 3.66. The van der Waals surface area contributed by atoms with E-state index < -0.39 is 6.04 Å². The van der Waals surface area contributed by atoms with Crippen LogP contribution >= 0.6 is 0 Å². The highest BCUT2D eigenvalue weighted by Crippen LogP contribution is 2.21. The van der Waals surface area contributed by atoms with Crippen LogP contribution in [-0.2, 0) is 11.3 Å². The molecule has 1 aliphatic rings. The summed E-state index contributed by atoms with van der Waals surface area (Å²) in [5, 5.41) is 5.76. The molecule has 0 aromatic heterocycles. The molecule has 156 valence electrons. The van der Waals surface area contributed by atoms with E-state index in [2.05, 4.69) is 24.5 Å². The van der Waals surface area contributed by atoms with Gasteiger partial charge in [-0.2, -0.15) is 0 Å². The van der Waals surface area contributed by atoms with E-state index in [4.69, 9.17) is 5.73 Å². The van der Waals surface area contributed by atoms with Crippen molar-refractivity contribution in [3.05, 3.63) is 35.4 Å². The molecule has 1 saturated heterocycles. The quantitative estimate of drug-likeness (QED) is 0.671. The Hall–Kier alpha value is -2.08. The van der Waals surface area contributed by atoms with Gasteiger partial charge in [-0.3, -0.25) is 4.79 Å². The first kappa shape index (κ1) is 22.2. The number of benzene rings is 1. The lowest BCUT2D eigenvalue weighted by atomic mass is 9.90. The van der Waals surface area contributed by atoms with Crippen molar-refractivity contribution in [1.82, 2.24) is 15.5 Å². The summed E-state index contributed by atoms with van der Waals surface area (Å²) in [4.78, 5) is 27.3. The summed E-state index contributed by atoms with van der Waals surface area (Å²) in [6.45, 7) is 10.1. The number of rotatable bonds is 7. The van der Waals surface area contributed by atoms with Crippen LogP contribution in [0.25, 0.3) is 0 Å². The first-order valence-corrected chi connectivity index (χ1v) is 10.4. The third kappa shape index (κ3) is 6.82. The second-order valence-electron chi connectivity index (χ2n) is 8.52. The smallest absolute Gasteiger partial charge is 0.315 e. The number of nitrogens with one attached hydrogen (secondary N) is 2. The summed E-state index contributed by atoms with van der Waals surface area (Å²) in [6.07, 6.45) is 2.48. The SMILES string of the molecule is Cc1ccc(CNC(=O)NC(CC(C)C)C(=O)N2CCC(C(C)N)CC2)cc1. The topological polar surface area (TPSA) is 87.5 Å². The normalized spacial score (nSPS) is 17.3. The minimum atomic E-state index is -0.495. The predicted octanol–water partition coefficient (Wildman–Crippen LogP) is 2.79. The molecule has 0 radical (unpaired) electrons. The third-order valence-corrected chi connectivity index (χ3v) is 5.48. The Morgan fingerprint density at radius 1 is 1.14 bits per heavy atom. The van der Waals surface area contributed by atoms with Gasteiger partial charge >= 0.3 is 6.03 Å². The van der Waals surface area contributed by atoms with E-state index in [0.717, 1.165) is 18.4 Å². The van der Waals surface area contributed by atoms with Gasteiger partial charge in [0.15, 0.2) is 0 Å². The second kappa shape index (κ2) is 10.5. The van der Waals surface area contributed by atoms with Crippen LogP contribution in [0.4, 0.5) is 4.79 Å². The lowest BCUT2D eigenvalue weighted by Crippen LogP contribution is -2.53. The fraction of sp³-hybridized carbons (Fsp3) is 0.636. The average Bonchev–Trinajstić information content (AvgIpc) is 2.66. The Balaban J connectivity index is 1.90. The molecule has 4 N–H and O–H groups in total. The molecule has 6 nitrogen and oxygen atoms in total. The van der Waals surface area contributed by atoms with E-state index in [1.165, 1.54) is 5.56 Å². The average molecular weight is 389 g/mol. The molecule has 2 rings (SSSR count). The lowest BCUT2D eigenvalue weighted by molar-refractivity contribution is -0.135. The number of piperidine rings is 1. The van der Waals surface area contributed by atoms with Gasteiger partial charge in [-0.05, 0) is 50.5 Å². The third-order valence-electron chi connectivity index (χ3n) is 5.48. The summed E-state index contributed by atoms with van der Waals surface area (Å²) in [5.74, 6) is 0.800. The van der Waals surface area contributed by atoms with Gasteiger partial charge in [0, 0.05) is 25.7 Å². The van der Waals surface area contributed by atoms with Crippen molar-refractivity contribution in [2.24, 2.45) is 17.6 Å². The van der Waals surface area contributed by atoms with Gasteiger partial charge in [0.1, 0.15) is 6.04 Å². The molecule has 6 heteroatoms. The molecule has 2 atom stereocenters. The predicted molar refractivity (Wildman–Crippen MR) is 113 cm³/mol. The van der Waals surface area contributed by atoms with E-state index >= 15 is 0 Å². The largest absolute Gasteiger partial charge is 0.341 e.